The molecule has 1 saturated heterocycles. The van der Waals surface area contributed by atoms with Gasteiger partial charge in [0.25, 0.3) is 0 Å². The SMILES string of the molecule is NC(c1cc2c(s1)CCSC2)C1CCOC2(CCC2)C1. The van der Waals surface area contributed by atoms with Crippen molar-refractivity contribution in [3.05, 3.63) is 21.4 Å². The number of thioether (sulfide) groups is 1. The van der Waals surface area contributed by atoms with Gasteiger partial charge in [-0.15, -0.1) is 11.3 Å². The predicted octanol–water partition coefficient (Wildman–Crippen LogP) is 3.89. The summed E-state index contributed by atoms with van der Waals surface area (Å²) in [5, 5.41) is 0. The van der Waals surface area contributed by atoms with Crippen LogP contribution in [0.5, 0.6) is 0 Å². The van der Waals surface area contributed by atoms with Gasteiger partial charge < -0.3 is 10.5 Å². The van der Waals surface area contributed by atoms with E-state index < -0.39 is 0 Å². The molecule has 0 aromatic carbocycles. The van der Waals surface area contributed by atoms with Crippen molar-refractivity contribution < 1.29 is 4.74 Å². The number of nitrogens with two attached hydrogens (primary N) is 1. The molecule has 1 aromatic heterocycles. The van der Waals surface area contributed by atoms with Gasteiger partial charge in [0, 0.05) is 28.2 Å². The van der Waals surface area contributed by atoms with Gasteiger partial charge in [0.05, 0.1) is 5.60 Å². The molecule has 1 saturated carbocycles. The summed E-state index contributed by atoms with van der Waals surface area (Å²) in [6.45, 7) is 0.916. The zero-order valence-electron chi connectivity index (χ0n) is 11.9. The van der Waals surface area contributed by atoms with Crippen LogP contribution in [0.2, 0.25) is 0 Å². The number of thiophene rings is 1. The Balaban J connectivity index is 1.51. The standard InChI is InChI=1S/C16H23NOS2/c17-15(11-2-6-18-16(9-11)4-1-5-16)14-8-12-10-19-7-3-13(12)20-14/h8,11,15H,1-7,9-10,17H2. The van der Waals surface area contributed by atoms with Crippen molar-refractivity contribution in [3.8, 4) is 0 Å². The Morgan fingerprint density at radius 3 is 3.05 bits per heavy atom. The van der Waals surface area contributed by atoms with Gasteiger partial charge in [0.15, 0.2) is 0 Å². The van der Waals surface area contributed by atoms with Crippen LogP contribution in [0.1, 0.15) is 53.5 Å². The molecule has 2 atom stereocenters. The van der Waals surface area contributed by atoms with Crippen molar-refractivity contribution in [3.63, 3.8) is 0 Å². The van der Waals surface area contributed by atoms with E-state index in [-0.39, 0.29) is 11.6 Å². The molecule has 20 heavy (non-hydrogen) atoms. The second kappa shape index (κ2) is 5.31. The van der Waals surface area contributed by atoms with E-state index in [2.05, 4.69) is 17.8 Å². The molecule has 3 heterocycles. The molecule has 2 unspecified atom stereocenters. The summed E-state index contributed by atoms with van der Waals surface area (Å²) in [7, 11) is 0. The summed E-state index contributed by atoms with van der Waals surface area (Å²) in [6.07, 6.45) is 7.43. The van der Waals surface area contributed by atoms with Gasteiger partial charge in [-0.05, 0) is 61.8 Å². The van der Waals surface area contributed by atoms with E-state index in [0.29, 0.717) is 5.92 Å². The number of rotatable bonds is 2. The molecule has 4 heteroatoms. The summed E-state index contributed by atoms with van der Waals surface area (Å²) in [5.74, 6) is 3.09. The number of hydrogen-bond acceptors (Lipinski definition) is 4. The van der Waals surface area contributed by atoms with Crippen molar-refractivity contribution >= 4 is 23.1 Å². The molecule has 1 aliphatic carbocycles. The lowest BCUT2D eigenvalue weighted by Crippen LogP contribution is -2.47. The van der Waals surface area contributed by atoms with Crippen LogP contribution in [0.25, 0.3) is 0 Å². The van der Waals surface area contributed by atoms with Crippen molar-refractivity contribution in [2.45, 2.75) is 55.9 Å². The van der Waals surface area contributed by atoms with E-state index in [1.54, 1.807) is 10.4 Å². The molecule has 0 amide bonds. The van der Waals surface area contributed by atoms with Crippen LogP contribution in [0.4, 0.5) is 0 Å². The van der Waals surface area contributed by atoms with E-state index in [9.17, 15) is 0 Å². The summed E-state index contributed by atoms with van der Waals surface area (Å²) in [5.41, 5.74) is 8.40. The maximum absolute atomic E-state index is 6.63. The normalized spacial score (nSPS) is 29.8. The topological polar surface area (TPSA) is 35.2 Å². The molecule has 1 spiro atoms. The highest BCUT2D eigenvalue weighted by Crippen LogP contribution is 2.47. The van der Waals surface area contributed by atoms with Gasteiger partial charge in [0.2, 0.25) is 0 Å². The van der Waals surface area contributed by atoms with Crippen LogP contribution < -0.4 is 5.73 Å². The average Bonchev–Trinajstić information content (AvgIpc) is 2.89. The monoisotopic (exact) mass is 309 g/mol. The van der Waals surface area contributed by atoms with Crippen molar-refractivity contribution in [2.24, 2.45) is 11.7 Å². The minimum absolute atomic E-state index is 0.216. The predicted molar refractivity (Wildman–Crippen MR) is 86.4 cm³/mol. The van der Waals surface area contributed by atoms with E-state index >= 15 is 0 Å². The third kappa shape index (κ3) is 2.35. The van der Waals surface area contributed by atoms with Gasteiger partial charge in [-0.2, -0.15) is 11.8 Å². The molecule has 0 radical (unpaired) electrons. The Kier molecular flexibility index (Phi) is 3.62. The average molecular weight is 310 g/mol. The summed E-state index contributed by atoms with van der Waals surface area (Å²) < 4.78 is 6.04. The van der Waals surface area contributed by atoms with Gasteiger partial charge in [-0.1, -0.05) is 0 Å². The fourth-order valence-corrected chi connectivity index (χ4v) is 6.33. The highest BCUT2D eigenvalue weighted by Gasteiger charge is 2.44. The maximum atomic E-state index is 6.63. The van der Waals surface area contributed by atoms with Gasteiger partial charge in [-0.3, -0.25) is 0 Å². The van der Waals surface area contributed by atoms with E-state index in [0.717, 1.165) is 13.0 Å². The molecular formula is C16H23NOS2. The molecule has 110 valence electrons. The lowest BCUT2D eigenvalue weighted by molar-refractivity contribution is -0.146. The highest BCUT2D eigenvalue weighted by molar-refractivity contribution is 7.98. The summed E-state index contributed by atoms with van der Waals surface area (Å²) in [6, 6.07) is 2.64. The fourth-order valence-electron chi connectivity index (χ4n) is 3.86. The van der Waals surface area contributed by atoms with E-state index in [1.165, 1.54) is 48.5 Å². The first-order chi connectivity index (χ1) is 9.76. The third-order valence-electron chi connectivity index (χ3n) is 5.28. The number of hydrogen-bond donors (Lipinski definition) is 1. The number of ether oxygens (including phenoxy) is 1. The molecular weight excluding hydrogens is 286 g/mol. The first-order valence-corrected chi connectivity index (χ1v) is 9.82. The van der Waals surface area contributed by atoms with Crippen molar-refractivity contribution in [1.82, 2.24) is 0 Å². The number of aryl methyl sites for hydroxylation is 1. The third-order valence-corrected chi connectivity index (χ3v) is 7.63. The first-order valence-electron chi connectivity index (χ1n) is 7.85. The Morgan fingerprint density at radius 1 is 1.40 bits per heavy atom. The molecule has 2 N–H and O–H groups in total. The van der Waals surface area contributed by atoms with Crippen LogP contribution >= 0.6 is 23.1 Å². The van der Waals surface area contributed by atoms with Crippen molar-refractivity contribution in [2.75, 3.05) is 12.4 Å². The zero-order valence-corrected chi connectivity index (χ0v) is 13.5. The van der Waals surface area contributed by atoms with Gasteiger partial charge in [-0.25, -0.2) is 0 Å². The Labute approximate surface area is 129 Å². The van der Waals surface area contributed by atoms with Gasteiger partial charge >= 0.3 is 0 Å². The van der Waals surface area contributed by atoms with Crippen LogP contribution in [0, 0.1) is 5.92 Å². The largest absolute Gasteiger partial charge is 0.375 e. The van der Waals surface area contributed by atoms with Gasteiger partial charge in [0.1, 0.15) is 0 Å². The van der Waals surface area contributed by atoms with E-state index in [4.69, 9.17) is 10.5 Å². The molecule has 2 aliphatic heterocycles. The lowest BCUT2D eigenvalue weighted by Gasteiger charge is -2.48. The Hall–Kier alpha value is -0.0300. The minimum atomic E-state index is 0.216. The van der Waals surface area contributed by atoms with Crippen molar-refractivity contribution in [1.29, 1.82) is 0 Å². The minimum Gasteiger partial charge on any atom is -0.375 e. The quantitative estimate of drug-likeness (QED) is 0.900. The molecule has 4 rings (SSSR count). The fraction of sp³-hybridized carbons (Fsp3) is 0.750. The van der Waals surface area contributed by atoms with Crippen LogP contribution in [0.3, 0.4) is 0 Å². The smallest absolute Gasteiger partial charge is 0.0686 e. The zero-order chi connectivity index (χ0) is 13.6. The number of fused-ring (bicyclic) bond motifs is 1. The summed E-state index contributed by atoms with van der Waals surface area (Å²) >= 11 is 4.04. The molecule has 3 aliphatic rings. The summed E-state index contributed by atoms with van der Waals surface area (Å²) in [4.78, 5) is 3.03. The Morgan fingerprint density at radius 2 is 2.30 bits per heavy atom. The van der Waals surface area contributed by atoms with Crippen LogP contribution in [0.15, 0.2) is 6.07 Å². The van der Waals surface area contributed by atoms with Crippen LogP contribution in [-0.2, 0) is 16.9 Å². The molecule has 2 nitrogen and oxygen atoms in total. The highest BCUT2D eigenvalue weighted by atomic mass is 32.2. The Bertz CT molecular complexity index is 471. The van der Waals surface area contributed by atoms with Crippen LogP contribution in [-0.4, -0.2) is 18.0 Å². The second-order valence-electron chi connectivity index (χ2n) is 6.56. The van der Waals surface area contributed by atoms with E-state index in [1.807, 2.05) is 11.3 Å². The maximum Gasteiger partial charge on any atom is 0.0686 e. The first kappa shape index (κ1) is 13.6. The molecule has 2 fully saturated rings. The lowest BCUT2D eigenvalue weighted by atomic mass is 9.70. The molecule has 0 bridgehead atoms. The molecule has 1 aromatic rings. The second-order valence-corrected chi connectivity index (χ2v) is 8.84.